The molecule has 0 atom stereocenters. The Morgan fingerprint density at radius 1 is 1.00 bits per heavy atom. The molecule has 7 nitrogen and oxygen atoms in total. The van der Waals surface area contributed by atoms with Gasteiger partial charge in [0.05, 0.1) is 12.8 Å². The van der Waals surface area contributed by atoms with Crippen LogP contribution in [0, 0.1) is 6.92 Å². The summed E-state index contributed by atoms with van der Waals surface area (Å²) < 4.78 is 5.21. The molecule has 8 heteroatoms. The minimum Gasteiger partial charge on any atom is -0.495 e. The smallest absolute Gasteiger partial charge is 0.325 e. The van der Waals surface area contributed by atoms with Crippen LogP contribution in [0.4, 0.5) is 21.3 Å². The minimum absolute atomic E-state index is 0.205. The monoisotopic (exact) mass is 382 g/mol. The lowest BCUT2D eigenvalue weighted by atomic mass is 10.2. The summed E-state index contributed by atoms with van der Waals surface area (Å²) in [6.07, 6.45) is 0. The molecule has 0 aliphatic carbocycles. The molecular formula is C19H18N4O3S. The van der Waals surface area contributed by atoms with E-state index in [1.807, 2.05) is 37.3 Å². The van der Waals surface area contributed by atoms with Crippen molar-refractivity contribution < 1.29 is 14.3 Å². The van der Waals surface area contributed by atoms with Crippen LogP contribution in [-0.4, -0.2) is 24.0 Å². The van der Waals surface area contributed by atoms with Crippen molar-refractivity contribution in [3.05, 3.63) is 65.2 Å². The molecule has 0 aliphatic rings. The number of methoxy groups -OCH3 is 1. The third kappa shape index (κ3) is 4.83. The van der Waals surface area contributed by atoms with E-state index in [0.717, 1.165) is 16.9 Å². The van der Waals surface area contributed by atoms with E-state index in [0.29, 0.717) is 22.3 Å². The average Bonchev–Trinajstić information content (AvgIpc) is 3.12. The van der Waals surface area contributed by atoms with Crippen LogP contribution in [0.5, 0.6) is 5.75 Å². The lowest BCUT2D eigenvalue weighted by Crippen LogP contribution is -2.19. The number of nitrogens with zero attached hydrogens (tertiary/aromatic N) is 1. The number of thiazole rings is 1. The van der Waals surface area contributed by atoms with Crippen molar-refractivity contribution in [3.63, 3.8) is 0 Å². The molecule has 1 aromatic heterocycles. The summed E-state index contributed by atoms with van der Waals surface area (Å²) in [7, 11) is 1.53. The standard InChI is InChI=1S/C19H18N4O3S/c1-12-7-9-13(10-8-12)20-18(25)23-19-22-15(11-27-19)17(24)21-14-5-3-4-6-16(14)26-2/h3-11H,1-2H3,(H,21,24)(H2,20,22,23,25). The van der Waals surface area contributed by atoms with E-state index in [4.69, 9.17) is 4.74 Å². The van der Waals surface area contributed by atoms with Crippen molar-refractivity contribution >= 4 is 39.8 Å². The number of benzene rings is 2. The van der Waals surface area contributed by atoms with Gasteiger partial charge in [0, 0.05) is 11.1 Å². The number of nitrogens with one attached hydrogen (secondary N) is 3. The van der Waals surface area contributed by atoms with E-state index in [2.05, 4.69) is 20.9 Å². The molecule has 3 amide bonds. The van der Waals surface area contributed by atoms with Crippen LogP contribution < -0.4 is 20.7 Å². The number of carbonyl (C=O) groups is 2. The molecule has 2 aromatic carbocycles. The minimum atomic E-state index is -0.426. The van der Waals surface area contributed by atoms with Crippen molar-refractivity contribution in [1.29, 1.82) is 0 Å². The van der Waals surface area contributed by atoms with Crippen molar-refractivity contribution in [2.45, 2.75) is 6.92 Å². The fourth-order valence-corrected chi connectivity index (χ4v) is 2.95. The van der Waals surface area contributed by atoms with E-state index in [1.165, 1.54) is 7.11 Å². The summed E-state index contributed by atoms with van der Waals surface area (Å²) in [5.41, 5.74) is 2.52. The number of aryl methyl sites for hydroxylation is 1. The summed E-state index contributed by atoms with van der Waals surface area (Å²) in [4.78, 5) is 28.6. The van der Waals surface area contributed by atoms with Crippen molar-refractivity contribution in [2.75, 3.05) is 23.1 Å². The van der Waals surface area contributed by atoms with Crippen LogP contribution in [0.3, 0.4) is 0 Å². The lowest BCUT2D eigenvalue weighted by molar-refractivity contribution is 0.102. The Morgan fingerprint density at radius 2 is 1.74 bits per heavy atom. The largest absolute Gasteiger partial charge is 0.495 e. The van der Waals surface area contributed by atoms with Gasteiger partial charge in [-0.2, -0.15) is 0 Å². The van der Waals surface area contributed by atoms with Crippen LogP contribution in [0.2, 0.25) is 0 Å². The van der Waals surface area contributed by atoms with Gasteiger partial charge in [0.25, 0.3) is 5.91 Å². The number of amides is 3. The Kier molecular flexibility index (Phi) is 5.68. The van der Waals surface area contributed by atoms with Gasteiger partial charge in [-0.05, 0) is 31.2 Å². The fraction of sp³-hybridized carbons (Fsp3) is 0.105. The Bertz CT molecular complexity index is 954. The third-order valence-corrected chi connectivity index (χ3v) is 4.38. The molecule has 0 fully saturated rings. The molecule has 0 aliphatic heterocycles. The average molecular weight is 382 g/mol. The normalized spacial score (nSPS) is 10.1. The Morgan fingerprint density at radius 3 is 2.48 bits per heavy atom. The molecule has 3 aromatic rings. The maximum absolute atomic E-state index is 12.4. The van der Waals surface area contributed by atoms with Gasteiger partial charge in [0.1, 0.15) is 11.4 Å². The first-order valence-corrected chi connectivity index (χ1v) is 8.97. The lowest BCUT2D eigenvalue weighted by Gasteiger charge is -2.08. The zero-order valence-corrected chi connectivity index (χ0v) is 15.6. The highest BCUT2D eigenvalue weighted by Gasteiger charge is 2.14. The van der Waals surface area contributed by atoms with Gasteiger partial charge in [-0.1, -0.05) is 29.8 Å². The van der Waals surface area contributed by atoms with Gasteiger partial charge < -0.3 is 15.4 Å². The van der Waals surface area contributed by atoms with Crippen molar-refractivity contribution in [3.8, 4) is 5.75 Å². The van der Waals surface area contributed by atoms with Crippen LogP contribution in [0.15, 0.2) is 53.9 Å². The molecule has 3 N–H and O–H groups in total. The Balaban J connectivity index is 1.61. The highest BCUT2D eigenvalue weighted by Crippen LogP contribution is 2.24. The number of anilines is 3. The predicted octanol–water partition coefficient (Wildman–Crippen LogP) is 4.36. The summed E-state index contributed by atoms with van der Waals surface area (Å²) in [6, 6.07) is 14.1. The number of hydrogen-bond donors (Lipinski definition) is 3. The van der Waals surface area contributed by atoms with E-state index in [9.17, 15) is 9.59 Å². The predicted molar refractivity (Wildman–Crippen MR) is 107 cm³/mol. The molecule has 0 bridgehead atoms. The van der Waals surface area contributed by atoms with Gasteiger partial charge in [-0.25, -0.2) is 9.78 Å². The van der Waals surface area contributed by atoms with Gasteiger partial charge in [-0.3, -0.25) is 10.1 Å². The molecule has 0 saturated carbocycles. The molecule has 0 spiro atoms. The molecule has 3 rings (SSSR count). The van der Waals surface area contributed by atoms with Crippen LogP contribution in [-0.2, 0) is 0 Å². The zero-order valence-electron chi connectivity index (χ0n) is 14.8. The first kappa shape index (κ1) is 18.4. The number of urea groups is 1. The van der Waals surface area contributed by atoms with Gasteiger partial charge in [0.2, 0.25) is 0 Å². The number of para-hydroxylation sites is 2. The summed E-state index contributed by atoms with van der Waals surface area (Å²) in [6.45, 7) is 1.97. The molecule has 138 valence electrons. The third-order valence-electron chi connectivity index (χ3n) is 3.62. The number of aromatic nitrogens is 1. The second kappa shape index (κ2) is 8.33. The second-order valence-electron chi connectivity index (χ2n) is 5.64. The Hall–Kier alpha value is -3.39. The van der Waals surface area contributed by atoms with Crippen LogP contribution in [0.25, 0.3) is 0 Å². The summed E-state index contributed by atoms with van der Waals surface area (Å²) in [5.74, 6) is 0.166. The maximum Gasteiger partial charge on any atom is 0.325 e. The van der Waals surface area contributed by atoms with Gasteiger partial charge in [0.15, 0.2) is 5.13 Å². The first-order valence-electron chi connectivity index (χ1n) is 8.10. The fourth-order valence-electron chi connectivity index (χ4n) is 2.27. The van der Waals surface area contributed by atoms with Gasteiger partial charge >= 0.3 is 6.03 Å². The quantitative estimate of drug-likeness (QED) is 0.611. The highest BCUT2D eigenvalue weighted by molar-refractivity contribution is 7.14. The first-order chi connectivity index (χ1) is 13.0. The van der Waals surface area contributed by atoms with Crippen LogP contribution >= 0.6 is 11.3 Å². The number of rotatable bonds is 5. The van der Waals surface area contributed by atoms with E-state index in [-0.39, 0.29) is 11.6 Å². The summed E-state index contributed by atoms with van der Waals surface area (Å²) in [5, 5.41) is 9.97. The molecular weight excluding hydrogens is 364 g/mol. The number of ether oxygens (including phenoxy) is 1. The number of hydrogen-bond acceptors (Lipinski definition) is 5. The van der Waals surface area contributed by atoms with Gasteiger partial charge in [-0.15, -0.1) is 11.3 Å². The maximum atomic E-state index is 12.4. The van der Waals surface area contributed by atoms with Crippen molar-refractivity contribution in [2.24, 2.45) is 0 Å². The van der Waals surface area contributed by atoms with E-state index < -0.39 is 6.03 Å². The van der Waals surface area contributed by atoms with E-state index in [1.54, 1.807) is 23.6 Å². The van der Waals surface area contributed by atoms with Crippen LogP contribution in [0.1, 0.15) is 16.1 Å². The Labute approximate surface area is 160 Å². The second-order valence-corrected chi connectivity index (χ2v) is 6.50. The number of carbonyl (C=O) groups excluding carboxylic acids is 2. The molecule has 0 unspecified atom stereocenters. The SMILES string of the molecule is COc1ccccc1NC(=O)c1csc(NC(=O)Nc2ccc(C)cc2)n1. The van der Waals surface area contributed by atoms with Crippen molar-refractivity contribution in [1.82, 2.24) is 4.98 Å². The molecule has 1 heterocycles. The van der Waals surface area contributed by atoms with E-state index >= 15 is 0 Å². The summed E-state index contributed by atoms with van der Waals surface area (Å²) >= 11 is 1.16. The molecule has 0 saturated heterocycles. The zero-order chi connectivity index (χ0) is 19.2. The molecule has 0 radical (unpaired) electrons. The molecule has 27 heavy (non-hydrogen) atoms. The highest BCUT2D eigenvalue weighted by atomic mass is 32.1. The topological polar surface area (TPSA) is 92.4 Å².